The highest BCUT2D eigenvalue weighted by Gasteiger charge is 1.94. The van der Waals surface area contributed by atoms with E-state index in [1.165, 1.54) is 10.8 Å². The molecule has 9 heavy (non-hydrogen) atoms. The lowest BCUT2D eigenvalue weighted by Crippen LogP contribution is -1.95. The summed E-state index contributed by atoms with van der Waals surface area (Å²) in [5, 5.41) is 8.18. The molecule has 0 fully saturated rings. The van der Waals surface area contributed by atoms with Crippen LogP contribution in [0.4, 0.5) is 0 Å². The molecule has 0 aliphatic heterocycles. The molecule has 0 amide bonds. The van der Waals surface area contributed by atoms with Gasteiger partial charge >= 0.3 is 5.97 Å². The summed E-state index contributed by atoms with van der Waals surface area (Å²) in [4.78, 5) is 9.93. The summed E-state index contributed by atoms with van der Waals surface area (Å²) in [6.45, 7) is 2.08. The number of carboxylic acid groups (broad SMARTS) is 1. The molecule has 54 valence electrons. The third kappa shape index (κ3) is 8.17. The van der Waals surface area contributed by atoms with Crippen molar-refractivity contribution in [3.63, 3.8) is 0 Å². The van der Waals surface area contributed by atoms with Crippen LogP contribution in [-0.4, -0.2) is 22.6 Å². The first-order valence-corrected chi connectivity index (χ1v) is 5.22. The van der Waals surface area contributed by atoms with Crippen molar-refractivity contribution in [3.05, 3.63) is 0 Å². The van der Waals surface area contributed by atoms with Gasteiger partial charge in [-0.2, -0.15) is 0 Å². The first-order valence-electron chi connectivity index (χ1n) is 2.73. The number of aliphatic carboxylic acids is 1. The van der Waals surface area contributed by atoms with Crippen LogP contribution in [-0.2, 0) is 4.79 Å². The monoisotopic (exact) mass is 166 g/mol. The zero-order chi connectivity index (χ0) is 7.11. The fourth-order valence-electron chi connectivity index (χ4n) is 0.234. The van der Waals surface area contributed by atoms with Gasteiger partial charge in [0.1, 0.15) is 5.75 Å². The van der Waals surface area contributed by atoms with E-state index >= 15 is 0 Å². The Morgan fingerprint density at radius 3 is 2.67 bits per heavy atom. The highest BCUT2D eigenvalue weighted by Crippen LogP contribution is 2.20. The SMILES string of the molecule is CCCSSCC(=O)O. The van der Waals surface area contributed by atoms with Gasteiger partial charge in [0.2, 0.25) is 0 Å². The first kappa shape index (κ1) is 9.17. The fourth-order valence-corrected chi connectivity index (χ4v) is 2.11. The molecule has 0 bridgehead atoms. The molecule has 2 nitrogen and oxygen atoms in total. The summed E-state index contributed by atoms with van der Waals surface area (Å²) >= 11 is 0. The van der Waals surface area contributed by atoms with Gasteiger partial charge in [-0.1, -0.05) is 28.5 Å². The maximum Gasteiger partial charge on any atom is 0.314 e. The minimum Gasteiger partial charge on any atom is -0.481 e. The van der Waals surface area contributed by atoms with E-state index in [1.807, 2.05) is 0 Å². The summed E-state index contributed by atoms with van der Waals surface area (Å²) in [6, 6.07) is 0. The summed E-state index contributed by atoms with van der Waals surface area (Å²) in [5.41, 5.74) is 0. The highest BCUT2D eigenvalue weighted by atomic mass is 33.1. The van der Waals surface area contributed by atoms with Crippen molar-refractivity contribution in [3.8, 4) is 0 Å². The Hall–Kier alpha value is 0.170. The minimum absolute atomic E-state index is 0.213. The topological polar surface area (TPSA) is 37.3 Å². The number of rotatable bonds is 5. The lowest BCUT2D eigenvalue weighted by Gasteiger charge is -1.92. The van der Waals surface area contributed by atoms with Crippen LogP contribution in [0, 0.1) is 0 Å². The summed E-state index contributed by atoms with van der Waals surface area (Å²) in [5.74, 6) is 0.520. The van der Waals surface area contributed by atoms with Crippen molar-refractivity contribution < 1.29 is 9.90 Å². The summed E-state index contributed by atoms with van der Waals surface area (Å²) in [6.07, 6.45) is 1.11. The van der Waals surface area contributed by atoms with E-state index in [4.69, 9.17) is 5.11 Å². The molecule has 0 aromatic carbocycles. The first-order chi connectivity index (χ1) is 4.27. The van der Waals surface area contributed by atoms with Crippen molar-refractivity contribution in [2.45, 2.75) is 13.3 Å². The summed E-state index contributed by atoms with van der Waals surface area (Å²) in [7, 11) is 3.02. The van der Waals surface area contributed by atoms with Gasteiger partial charge in [-0.25, -0.2) is 0 Å². The van der Waals surface area contributed by atoms with Gasteiger partial charge in [0.05, 0.1) is 0 Å². The van der Waals surface area contributed by atoms with Crippen LogP contribution in [0.25, 0.3) is 0 Å². The molecule has 0 aliphatic rings. The predicted molar refractivity (Wildman–Crippen MR) is 42.8 cm³/mol. The number of hydrogen-bond acceptors (Lipinski definition) is 3. The fraction of sp³-hybridized carbons (Fsp3) is 0.800. The molecular weight excluding hydrogens is 156 g/mol. The van der Waals surface area contributed by atoms with Crippen LogP contribution >= 0.6 is 21.6 Å². The Morgan fingerprint density at radius 2 is 2.22 bits per heavy atom. The molecule has 0 radical (unpaired) electrons. The van der Waals surface area contributed by atoms with Crippen LogP contribution in [0.1, 0.15) is 13.3 Å². The van der Waals surface area contributed by atoms with E-state index in [0.29, 0.717) is 0 Å². The second-order valence-electron chi connectivity index (χ2n) is 1.48. The minimum atomic E-state index is -0.733. The zero-order valence-corrected chi connectivity index (χ0v) is 6.93. The second-order valence-corrected chi connectivity index (χ2v) is 4.06. The normalized spacial score (nSPS) is 9.44. The van der Waals surface area contributed by atoms with E-state index in [9.17, 15) is 4.79 Å². The van der Waals surface area contributed by atoms with Crippen LogP contribution in [0.2, 0.25) is 0 Å². The third-order valence-corrected chi connectivity index (χ3v) is 3.01. The molecule has 0 atom stereocenters. The molecular formula is C5H10O2S2. The van der Waals surface area contributed by atoms with Crippen LogP contribution in [0.5, 0.6) is 0 Å². The van der Waals surface area contributed by atoms with E-state index in [1.54, 1.807) is 10.8 Å². The van der Waals surface area contributed by atoms with Gasteiger partial charge in [-0.15, -0.1) is 0 Å². The van der Waals surface area contributed by atoms with Gasteiger partial charge in [0.15, 0.2) is 0 Å². The van der Waals surface area contributed by atoms with E-state index in [2.05, 4.69) is 6.92 Å². The predicted octanol–water partition coefficient (Wildman–Crippen LogP) is 1.86. The Labute approximate surface area is 62.8 Å². The van der Waals surface area contributed by atoms with Crippen molar-refractivity contribution in [2.75, 3.05) is 11.5 Å². The molecule has 0 unspecified atom stereocenters. The van der Waals surface area contributed by atoms with Crippen molar-refractivity contribution >= 4 is 27.6 Å². The van der Waals surface area contributed by atoms with Gasteiger partial charge < -0.3 is 5.11 Å². The van der Waals surface area contributed by atoms with Gasteiger partial charge in [-0.3, -0.25) is 4.79 Å². The third-order valence-electron chi connectivity index (χ3n) is 0.553. The molecule has 0 spiro atoms. The Balaban J connectivity index is 2.83. The van der Waals surface area contributed by atoms with Gasteiger partial charge in [-0.05, 0) is 6.42 Å². The van der Waals surface area contributed by atoms with Gasteiger partial charge in [0.25, 0.3) is 0 Å². The largest absolute Gasteiger partial charge is 0.481 e. The molecule has 4 heteroatoms. The molecule has 0 aliphatic carbocycles. The molecule has 0 heterocycles. The molecule has 0 saturated heterocycles. The molecule has 0 aromatic heterocycles. The van der Waals surface area contributed by atoms with Crippen LogP contribution < -0.4 is 0 Å². The standard InChI is InChI=1S/C5H10O2S2/c1-2-3-8-9-4-5(6)7/h2-4H2,1H3,(H,6,7). The Kier molecular flexibility index (Phi) is 6.41. The lowest BCUT2D eigenvalue weighted by molar-refractivity contribution is -0.133. The van der Waals surface area contributed by atoms with E-state index < -0.39 is 5.97 Å². The highest BCUT2D eigenvalue weighted by molar-refractivity contribution is 8.76. The van der Waals surface area contributed by atoms with Gasteiger partial charge in [0, 0.05) is 5.75 Å². The number of carboxylic acids is 1. The average molecular weight is 166 g/mol. The zero-order valence-electron chi connectivity index (χ0n) is 5.29. The Bertz CT molecular complexity index is 85.0. The van der Waals surface area contributed by atoms with Crippen LogP contribution in [0.15, 0.2) is 0 Å². The lowest BCUT2D eigenvalue weighted by atomic mass is 10.6. The van der Waals surface area contributed by atoms with Crippen molar-refractivity contribution in [1.29, 1.82) is 0 Å². The molecule has 1 N–H and O–H groups in total. The maximum absolute atomic E-state index is 9.93. The van der Waals surface area contributed by atoms with E-state index in [0.717, 1.165) is 12.2 Å². The number of hydrogen-bond donors (Lipinski definition) is 1. The van der Waals surface area contributed by atoms with E-state index in [-0.39, 0.29) is 5.75 Å². The summed E-state index contributed by atoms with van der Waals surface area (Å²) < 4.78 is 0. The average Bonchev–Trinajstić information content (AvgIpc) is 1.80. The smallest absolute Gasteiger partial charge is 0.314 e. The number of carbonyl (C=O) groups is 1. The quantitative estimate of drug-likeness (QED) is 0.499. The molecule has 0 rings (SSSR count). The molecule has 0 aromatic rings. The van der Waals surface area contributed by atoms with Crippen molar-refractivity contribution in [1.82, 2.24) is 0 Å². The Morgan fingerprint density at radius 1 is 1.56 bits per heavy atom. The molecule has 0 saturated carbocycles. The van der Waals surface area contributed by atoms with Crippen LogP contribution in [0.3, 0.4) is 0 Å². The second kappa shape index (κ2) is 6.29. The van der Waals surface area contributed by atoms with Crippen molar-refractivity contribution in [2.24, 2.45) is 0 Å². The maximum atomic E-state index is 9.93.